The number of aryl methyl sites for hydroxylation is 1. The van der Waals surface area contributed by atoms with Gasteiger partial charge >= 0.3 is 0 Å². The summed E-state index contributed by atoms with van der Waals surface area (Å²) in [7, 11) is 1.82. The number of rotatable bonds is 5. The summed E-state index contributed by atoms with van der Waals surface area (Å²) in [5, 5.41) is 18.4. The second-order valence-corrected chi connectivity index (χ2v) is 6.30. The zero-order valence-corrected chi connectivity index (χ0v) is 14.3. The Labute approximate surface area is 145 Å². The van der Waals surface area contributed by atoms with Gasteiger partial charge in [-0.15, -0.1) is 0 Å². The smallest absolute Gasteiger partial charge is 0.269 e. The molecular weight excluding hydrogens is 322 g/mol. The number of nitrogens with zero attached hydrogens (tertiary/aromatic N) is 4. The summed E-state index contributed by atoms with van der Waals surface area (Å²) >= 11 is 0. The van der Waals surface area contributed by atoms with Crippen molar-refractivity contribution in [1.82, 2.24) is 15.1 Å². The minimum atomic E-state index is -0.411. The number of carbonyl (C=O) groups excluding carboxylic acids is 1. The van der Waals surface area contributed by atoms with Gasteiger partial charge in [0.1, 0.15) is 0 Å². The van der Waals surface area contributed by atoms with Gasteiger partial charge in [-0.05, 0) is 25.3 Å². The maximum Gasteiger partial charge on any atom is 0.269 e. The molecule has 2 atom stereocenters. The van der Waals surface area contributed by atoms with Crippen LogP contribution >= 0.6 is 0 Å². The number of hydrogen-bond donors (Lipinski definition) is 1. The zero-order chi connectivity index (χ0) is 18.0. The maximum absolute atomic E-state index is 12.8. The highest BCUT2D eigenvalue weighted by atomic mass is 16.6. The number of anilines is 1. The fourth-order valence-electron chi connectivity index (χ4n) is 3.14. The molecule has 25 heavy (non-hydrogen) atoms. The molecule has 1 N–H and O–H groups in total. The van der Waals surface area contributed by atoms with E-state index in [-0.39, 0.29) is 23.7 Å². The molecule has 1 aliphatic rings. The lowest BCUT2D eigenvalue weighted by Crippen LogP contribution is -2.51. The monoisotopic (exact) mass is 343 g/mol. The molecule has 0 saturated carbocycles. The molecule has 0 radical (unpaired) electrons. The predicted molar refractivity (Wildman–Crippen MR) is 93.2 cm³/mol. The van der Waals surface area contributed by atoms with Crippen LogP contribution in [0, 0.1) is 10.1 Å². The Hall–Kier alpha value is -2.74. The Kier molecular flexibility index (Phi) is 4.80. The quantitative estimate of drug-likeness (QED) is 0.663. The van der Waals surface area contributed by atoms with E-state index in [2.05, 4.69) is 10.4 Å². The van der Waals surface area contributed by atoms with E-state index in [0.717, 1.165) is 24.1 Å². The average molecular weight is 343 g/mol. The Balaban J connectivity index is 1.72. The van der Waals surface area contributed by atoms with E-state index < -0.39 is 4.92 Å². The highest BCUT2D eigenvalue weighted by Crippen LogP contribution is 2.24. The Morgan fingerprint density at radius 2 is 2.24 bits per heavy atom. The standard InChI is InChI=1S/C17H21N5O3/c1-12(13-5-3-6-14(9-13)22(24)25)19-16-7-4-8-21(17(16)23)15-10-18-20(2)11-15/h3,5-6,9-12,16,19H,4,7-8H2,1-2H3/t12-,16+/m0/s1. The van der Waals surface area contributed by atoms with Crippen molar-refractivity contribution in [3.8, 4) is 0 Å². The second kappa shape index (κ2) is 7.02. The number of nitro groups is 1. The molecule has 0 spiro atoms. The highest BCUT2D eigenvalue weighted by Gasteiger charge is 2.31. The fraction of sp³-hybridized carbons (Fsp3) is 0.412. The van der Waals surface area contributed by atoms with Gasteiger partial charge in [-0.2, -0.15) is 5.10 Å². The van der Waals surface area contributed by atoms with Crippen LogP contribution in [-0.4, -0.2) is 33.2 Å². The summed E-state index contributed by atoms with van der Waals surface area (Å²) in [6, 6.07) is 6.02. The zero-order valence-electron chi connectivity index (χ0n) is 14.3. The molecule has 1 amide bonds. The third-order valence-corrected chi connectivity index (χ3v) is 4.47. The van der Waals surface area contributed by atoms with Crippen LogP contribution in [0.25, 0.3) is 0 Å². The van der Waals surface area contributed by atoms with Crippen LogP contribution in [0.15, 0.2) is 36.7 Å². The number of nitro benzene ring substituents is 1. The van der Waals surface area contributed by atoms with E-state index in [1.54, 1.807) is 27.9 Å². The lowest BCUT2D eigenvalue weighted by molar-refractivity contribution is -0.384. The first kappa shape index (κ1) is 17.1. The first-order chi connectivity index (χ1) is 12.0. The Bertz CT molecular complexity index is 788. The lowest BCUT2D eigenvalue weighted by Gasteiger charge is -2.33. The van der Waals surface area contributed by atoms with Crippen LogP contribution in [0.5, 0.6) is 0 Å². The van der Waals surface area contributed by atoms with Gasteiger partial charge in [0.15, 0.2) is 0 Å². The number of aromatic nitrogens is 2. The van der Waals surface area contributed by atoms with Crippen LogP contribution in [0.1, 0.15) is 31.4 Å². The highest BCUT2D eigenvalue weighted by molar-refractivity contribution is 5.97. The molecule has 0 bridgehead atoms. The normalized spacial score (nSPS) is 19.0. The topological polar surface area (TPSA) is 93.3 Å². The van der Waals surface area contributed by atoms with E-state index in [9.17, 15) is 14.9 Å². The summed E-state index contributed by atoms with van der Waals surface area (Å²) < 4.78 is 1.67. The fourth-order valence-corrected chi connectivity index (χ4v) is 3.14. The predicted octanol–water partition coefficient (Wildman–Crippen LogP) is 2.17. The number of carbonyl (C=O) groups is 1. The first-order valence-electron chi connectivity index (χ1n) is 8.26. The Morgan fingerprint density at radius 1 is 1.44 bits per heavy atom. The van der Waals surface area contributed by atoms with Crippen LogP contribution in [0.4, 0.5) is 11.4 Å². The van der Waals surface area contributed by atoms with Gasteiger partial charge in [0.25, 0.3) is 5.69 Å². The van der Waals surface area contributed by atoms with Crippen molar-refractivity contribution in [3.05, 3.63) is 52.3 Å². The summed E-state index contributed by atoms with van der Waals surface area (Å²) in [6.45, 7) is 2.59. The minimum Gasteiger partial charge on any atom is -0.308 e. The SMILES string of the molecule is C[C@H](N[C@@H]1CCCN(c2cnn(C)c2)C1=O)c1cccc([N+](=O)[O-])c1. The lowest BCUT2D eigenvalue weighted by atomic mass is 10.0. The number of piperidine rings is 1. The molecule has 0 unspecified atom stereocenters. The molecule has 1 saturated heterocycles. The largest absolute Gasteiger partial charge is 0.308 e. The van der Waals surface area contributed by atoms with Crippen LogP contribution in [0.3, 0.4) is 0 Å². The van der Waals surface area contributed by atoms with E-state index in [4.69, 9.17) is 0 Å². The van der Waals surface area contributed by atoms with Crippen molar-refractivity contribution in [3.63, 3.8) is 0 Å². The second-order valence-electron chi connectivity index (χ2n) is 6.30. The number of benzene rings is 1. The van der Waals surface area contributed by atoms with Gasteiger partial charge in [-0.3, -0.25) is 24.9 Å². The first-order valence-corrected chi connectivity index (χ1v) is 8.26. The van der Waals surface area contributed by atoms with Crippen molar-refractivity contribution in [1.29, 1.82) is 0 Å². The average Bonchev–Trinajstić information content (AvgIpc) is 3.03. The third-order valence-electron chi connectivity index (χ3n) is 4.47. The molecule has 1 aromatic heterocycles. The van der Waals surface area contributed by atoms with E-state index in [1.165, 1.54) is 6.07 Å². The van der Waals surface area contributed by atoms with E-state index in [1.807, 2.05) is 26.2 Å². The summed E-state index contributed by atoms with van der Waals surface area (Å²) in [5.74, 6) is 0.0107. The van der Waals surface area contributed by atoms with E-state index in [0.29, 0.717) is 6.54 Å². The molecule has 1 aliphatic heterocycles. The number of amides is 1. The maximum atomic E-state index is 12.8. The van der Waals surface area contributed by atoms with E-state index >= 15 is 0 Å². The van der Waals surface area contributed by atoms with Gasteiger partial charge in [0, 0.05) is 38.0 Å². The molecule has 8 nitrogen and oxygen atoms in total. The van der Waals surface area contributed by atoms with Gasteiger partial charge < -0.3 is 4.90 Å². The molecule has 0 aliphatic carbocycles. The van der Waals surface area contributed by atoms with Crippen LogP contribution in [-0.2, 0) is 11.8 Å². The molecule has 3 rings (SSSR count). The number of hydrogen-bond acceptors (Lipinski definition) is 5. The van der Waals surface area contributed by atoms with Gasteiger partial charge in [0.05, 0.1) is 22.8 Å². The molecule has 2 heterocycles. The van der Waals surface area contributed by atoms with Gasteiger partial charge in [-0.1, -0.05) is 12.1 Å². The van der Waals surface area contributed by atoms with Crippen LogP contribution in [0.2, 0.25) is 0 Å². The molecule has 132 valence electrons. The van der Waals surface area contributed by atoms with Crippen LogP contribution < -0.4 is 10.2 Å². The molecule has 8 heteroatoms. The van der Waals surface area contributed by atoms with Gasteiger partial charge in [-0.25, -0.2) is 0 Å². The third kappa shape index (κ3) is 3.69. The number of non-ortho nitro benzene ring substituents is 1. The van der Waals surface area contributed by atoms with Crippen molar-refractivity contribution in [2.75, 3.05) is 11.4 Å². The van der Waals surface area contributed by atoms with Crippen molar-refractivity contribution in [2.24, 2.45) is 7.05 Å². The molecule has 2 aromatic rings. The molecule has 1 fully saturated rings. The van der Waals surface area contributed by atoms with Crippen molar-refractivity contribution in [2.45, 2.75) is 31.8 Å². The number of nitrogens with one attached hydrogen (secondary N) is 1. The molecule has 1 aromatic carbocycles. The molecular formula is C17H21N5O3. The Morgan fingerprint density at radius 3 is 2.92 bits per heavy atom. The van der Waals surface area contributed by atoms with Crippen molar-refractivity contribution < 1.29 is 9.72 Å². The van der Waals surface area contributed by atoms with Gasteiger partial charge in [0.2, 0.25) is 5.91 Å². The summed E-state index contributed by atoms with van der Waals surface area (Å²) in [5.41, 5.74) is 1.64. The summed E-state index contributed by atoms with van der Waals surface area (Å²) in [4.78, 5) is 25.1. The summed E-state index contributed by atoms with van der Waals surface area (Å²) in [6.07, 6.45) is 5.14. The van der Waals surface area contributed by atoms with Crippen molar-refractivity contribution >= 4 is 17.3 Å². The minimum absolute atomic E-state index is 0.0107.